The molecule has 2 heterocycles. The summed E-state index contributed by atoms with van der Waals surface area (Å²) in [6, 6.07) is 1.16. The molecular formula is C8H6N4O4. The van der Waals surface area contributed by atoms with Gasteiger partial charge in [0.25, 0.3) is 5.69 Å². The summed E-state index contributed by atoms with van der Waals surface area (Å²) in [6.45, 7) is 0. The molecule has 1 N–H and O–H groups in total. The lowest BCUT2D eigenvalue weighted by atomic mass is 10.3. The Labute approximate surface area is 87.3 Å². The number of nitrogens with one attached hydrogen (secondary N) is 1. The molecule has 0 bridgehead atoms. The van der Waals surface area contributed by atoms with Crippen molar-refractivity contribution in [3.8, 4) is 0 Å². The number of fused-ring (bicyclic) bond motifs is 1. The largest absolute Gasteiger partial charge is 0.317 e. The SMILES string of the molecule is Cn1c(=O)c(=O)[nH]c2c([N+](=O)[O-])ccnc21. The third-order valence-corrected chi connectivity index (χ3v) is 2.16. The van der Waals surface area contributed by atoms with Crippen molar-refractivity contribution in [3.63, 3.8) is 0 Å². The molecular weight excluding hydrogens is 216 g/mol. The summed E-state index contributed by atoms with van der Waals surface area (Å²) >= 11 is 0. The van der Waals surface area contributed by atoms with Crippen LogP contribution >= 0.6 is 0 Å². The molecule has 0 aliphatic rings. The minimum atomic E-state index is -0.911. The Hall–Kier alpha value is -2.51. The van der Waals surface area contributed by atoms with Gasteiger partial charge in [0.2, 0.25) is 0 Å². The first-order valence-corrected chi connectivity index (χ1v) is 4.25. The third kappa shape index (κ3) is 1.28. The van der Waals surface area contributed by atoms with Crippen molar-refractivity contribution in [3.05, 3.63) is 43.1 Å². The molecule has 0 aliphatic heterocycles. The van der Waals surface area contributed by atoms with Crippen LogP contribution in [0.3, 0.4) is 0 Å². The van der Waals surface area contributed by atoms with Gasteiger partial charge in [0.15, 0.2) is 11.2 Å². The standard InChI is InChI=1S/C8H6N4O4/c1-11-6-5(10-7(13)8(11)14)4(12(15)16)2-3-9-6/h2-3H,1H3,(H,10,13). The van der Waals surface area contributed by atoms with Crippen molar-refractivity contribution < 1.29 is 4.92 Å². The third-order valence-electron chi connectivity index (χ3n) is 2.16. The highest BCUT2D eigenvalue weighted by atomic mass is 16.6. The van der Waals surface area contributed by atoms with Crippen LogP contribution in [0.15, 0.2) is 21.9 Å². The van der Waals surface area contributed by atoms with Gasteiger partial charge in [-0.1, -0.05) is 0 Å². The molecule has 0 atom stereocenters. The second-order valence-electron chi connectivity index (χ2n) is 3.10. The first-order valence-electron chi connectivity index (χ1n) is 4.25. The summed E-state index contributed by atoms with van der Waals surface area (Å²) in [4.78, 5) is 38.5. The van der Waals surface area contributed by atoms with Gasteiger partial charge in [0, 0.05) is 19.3 Å². The number of pyridine rings is 1. The Kier molecular flexibility index (Phi) is 2.04. The molecule has 8 heteroatoms. The van der Waals surface area contributed by atoms with Crippen LogP contribution in [0.25, 0.3) is 11.2 Å². The van der Waals surface area contributed by atoms with E-state index >= 15 is 0 Å². The van der Waals surface area contributed by atoms with Crippen molar-refractivity contribution >= 4 is 16.9 Å². The maximum atomic E-state index is 11.3. The summed E-state index contributed by atoms with van der Waals surface area (Å²) < 4.78 is 0.973. The van der Waals surface area contributed by atoms with Gasteiger partial charge in [-0.3, -0.25) is 24.3 Å². The lowest BCUT2D eigenvalue weighted by molar-refractivity contribution is -0.383. The summed E-state index contributed by atoms with van der Waals surface area (Å²) in [7, 11) is 1.33. The molecule has 0 amide bonds. The van der Waals surface area contributed by atoms with Gasteiger partial charge in [-0.25, -0.2) is 4.98 Å². The first kappa shape index (κ1) is 10.0. The highest BCUT2D eigenvalue weighted by Gasteiger charge is 2.16. The summed E-state index contributed by atoms with van der Waals surface area (Å²) in [5.41, 5.74) is -2.00. The Morgan fingerprint density at radius 1 is 1.50 bits per heavy atom. The monoisotopic (exact) mass is 222 g/mol. The molecule has 0 unspecified atom stereocenters. The summed E-state index contributed by atoms with van der Waals surface area (Å²) in [6.07, 6.45) is 1.21. The van der Waals surface area contributed by atoms with E-state index in [0.29, 0.717) is 0 Å². The van der Waals surface area contributed by atoms with Crippen LogP contribution in [0.4, 0.5) is 5.69 Å². The van der Waals surface area contributed by atoms with E-state index < -0.39 is 16.0 Å². The molecule has 0 saturated heterocycles. The van der Waals surface area contributed by atoms with Gasteiger partial charge < -0.3 is 4.98 Å². The minimum absolute atomic E-state index is 0.0559. The van der Waals surface area contributed by atoms with E-state index in [-0.39, 0.29) is 16.9 Å². The van der Waals surface area contributed by atoms with E-state index in [1.54, 1.807) is 0 Å². The van der Waals surface area contributed by atoms with Gasteiger partial charge in [0.1, 0.15) is 0 Å². The Morgan fingerprint density at radius 2 is 2.19 bits per heavy atom. The Morgan fingerprint density at radius 3 is 2.81 bits per heavy atom. The zero-order valence-electron chi connectivity index (χ0n) is 8.13. The predicted molar refractivity (Wildman–Crippen MR) is 54.3 cm³/mol. The number of aryl methyl sites for hydroxylation is 1. The van der Waals surface area contributed by atoms with Gasteiger partial charge >= 0.3 is 11.1 Å². The smallest absolute Gasteiger partial charge is 0.309 e. The van der Waals surface area contributed by atoms with Crippen LogP contribution in [0.2, 0.25) is 0 Å². The number of hydrogen-bond acceptors (Lipinski definition) is 5. The van der Waals surface area contributed by atoms with Crippen LogP contribution in [0.5, 0.6) is 0 Å². The van der Waals surface area contributed by atoms with Gasteiger partial charge in [-0.2, -0.15) is 0 Å². The molecule has 2 rings (SSSR count). The van der Waals surface area contributed by atoms with E-state index in [4.69, 9.17) is 0 Å². The molecule has 0 aliphatic carbocycles. The molecule has 0 spiro atoms. The molecule has 0 aromatic carbocycles. The fourth-order valence-electron chi connectivity index (χ4n) is 1.38. The maximum absolute atomic E-state index is 11.3. The van der Waals surface area contributed by atoms with Crippen molar-refractivity contribution in [2.75, 3.05) is 0 Å². The van der Waals surface area contributed by atoms with Crippen LogP contribution in [0, 0.1) is 10.1 Å². The zero-order valence-corrected chi connectivity index (χ0v) is 8.13. The van der Waals surface area contributed by atoms with Crippen LogP contribution in [-0.4, -0.2) is 19.5 Å². The quantitative estimate of drug-likeness (QED) is 0.398. The number of rotatable bonds is 1. The number of aromatic nitrogens is 3. The number of hydrogen-bond donors (Lipinski definition) is 1. The van der Waals surface area contributed by atoms with E-state index in [0.717, 1.165) is 10.6 Å². The summed E-state index contributed by atoms with van der Waals surface area (Å²) in [5, 5.41) is 10.7. The van der Waals surface area contributed by atoms with Crippen molar-refractivity contribution in [2.45, 2.75) is 0 Å². The average Bonchev–Trinajstić information content (AvgIpc) is 2.25. The fourth-order valence-corrected chi connectivity index (χ4v) is 1.38. The van der Waals surface area contributed by atoms with Gasteiger partial charge in [-0.15, -0.1) is 0 Å². The van der Waals surface area contributed by atoms with E-state index in [2.05, 4.69) is 9.97 Å². The zero-order chi connectivity index (χ0) is 11.9. The predicted octanol–water partition coefficient (Wildman–Crippen LogP) is -0.470. The fraction of sp³-hybridized carbons (Fsp3) is 0.125. The number of aromatic amines is 1. The number of H-pyrrole nitrogens is 1. The van der Waals surface area contributed by atoms with E-state index in [1.807, 2.05) is 0 Å². The Balaban J connectivity index is 3.07. The van der Waals surface area contributed by atoms with Crippen molar-refractivity contribution in [1.82, 2.24) is 14.5 Å². The minimum Gasteiger partial charge on any atom is -0.309 e. The average molecular weight is 222 g/mol. The lowest BCUT2D eigenvalue weighted by Crippen LogP contribution is -2.35. The molecule has 16 heavy (non-hydrogen) atoms. The van der Waals surface area contributed by atoms with Crippen LogP contribution in [-0.2, 0) is 7.05 Å². The molecule has 0 fully saturated rings. The van der Waals surface area contributed by atoms with Crippen molar-refractivity contribution in [1.29, 1.82) is 0 Å². The van der Waals surface area contributed by atoms with E-state index in [9.17, 15) is 19.7 Å². The number of nitro groups is 1. The maximum Gasteiger partial charge on any atom is 0.317 e. The number of nitrogens with zero attached hydrogens (tertiary/aromatic N) is 3. The highest BCUT2D eigenvalue weighted by Crippen LogP contribution is 2.18. The second-order valence-corrected chi connectivity index (χ2v) is 3.10. The Bertz CT molecular complexity index is 699. The van der Waals surface area contributed by atoms with E-state index in [1.165, 1.54) is 13.2 Å². The van der Waals surface area contributed by atoms with Crippen LogP contribution in [0.1, 0.15) is 0 Å². The van der Waals surface area contributed by atoms with Gasteiger partial charge in [0.05, 0.1) is 4.92 Å². The molecule has 2 aromatic heterocycles. The molecule has 0 saturated carbocycles. The molecule has 0 radical (unpaired) electrons. The van der Waals surface area contributed by atoms with Gasteiger partial charge in [-0.05, 0) is 0 Å². The van der Waals surface area contributed by atoms with Crippen molar-refractivity contribution in [2.24, 2.45) is 7.05 Å². The molecule has 8 nitrogen and oxygen atoms in total. The molecule has 82 valence electrons. The summed E-state index contributed by atoms with van der Waals surface area (Å²) in [5.74, 6) is 0. The van der Waals surface area contributed by atoms with Crippen LogP contribution < -0.4 is 11.1 Å². The normalized spacial score (nSPS) is 10.6. The molecule has 2 aromatic rings. The second kappa shape index (κ2) is 3.26. The first-order chi connectivity index (χ1) is 7.52. The lowest BCUT2D eigenvalue weighted by Gasteiger charge is -2.02. The highest BCUT2D eigenvalue weighted by molar-refractivity contribution is 5.80. The topological polar surface area (TPSA) is 111 Å².